The minimum Gasteiger partial charge on any atom is -0.497 e. The van der Waals surface area contributed by atoms with Crippen molar-refractivity contribution in [3.63, 3.8) is 0 Å². The van der Waals surface area contributed by atoms with Crippen LogP contribution in [-0.2, 0) is 13.6 Å². The molecule has 5 aromatic rings. The van der Waals surface area contributed by atoms with E-state index in [0.717, 1.165) is 15.8 Å². The highest BCUT2D eigenvalue weighted by atomic mass is 16.5. The molecule has 10 nitrogen and oxygen atoms in total. The van der Waals surface area contributed by atoms with Crippen molar-refractivity contribution in [3.05, 3.63) is 75.6 Å². The lowest BCUT2D eigenvalue weighted by atomic mass is 10.1. The van der Waals surface area contributed by atoms with Gasteiger partial charge >= 0.3 is 5.69 Å². The Hall–Kier alpha value is -4.31. The average Bonchev–Trinajstić information content (AvgIpc) is 3.44. The fourth-order valence-electron chi connectivity index (χ4n) is 4.34. The number of aryl methyl sites for hydroxylation is 1. The lowest BCUT2D eigenvalue weighted by Crippen LogP contribution is -2.39. The summed E-state index contributed by atoms with van der Waals surface area (Å²) in [6.07, 6.45) is 2.13. The number of hydrogen-bond donors (Lipinski definition) is 1. The number of methoxy groups -OCH3 is 2. The van der Waals surface area contributed by atoms with Crippen molar-refractivity contribution in [1.82, 2.24) is 23.1 Å². The number of aliphatic hydroxyl groups is 1. The predicted octanol–water partition coefficient (Wildman–Crippen LogP) is 2.21. The number of aliphatic hydroxyl groups excluding tert-OH is 1. The lowest BCUT2D eigenvalue weighted by Gasteiger charge is -2.14. The summed E-state index contributed by atoms with van der Waals surface area (Å²) in [5.74, 6) is 1.65. The summed E-state index contributed by atoms with van der Waals surface area (Å²) in [5.41, 5.74) is 1.95. The smallest absolute Gasteiger partial charge is 0.332 e. The van der Waals surface area contributed by atoms with E-state index in [1.165, 1.54) is 4.57 Å². The van der Waals surface area contributed by atoms with E-state index in [1.807, 2.05) is 47.2 Å². The highest BCUT2D eigenvalue weighted by Gasteiger charge is 2.24. The largest absolute Gasteiger partial charge is 0.497 e. The van der Waals surface area contributed by atoms with Crippen molar-refractivity contribution in [1.29, 1.82) is 0 Å². The number of fused-ring (bicyclic) bond motifs is 3. The van der Waals surface area contributed by atoms with Crippen LogP contribution in [0.1, 0.15) is 6.42 Å². The zero-order valence-electron chi connectivity index (χ0n) is 19.6. The molecule has 3 heterocycles. The first-order valence-electron chi connectivity index (χ1n) is 11.1. The highest BCUT2D eigenvalue weighted by Crippen LogP contribution is 2.35. The molecule has 0 spiro atoms. The zero-order chi connectivity index (χ0) is 24.7. The predicted molar refractivity (Wildman–Crippen MR) is 132 cm³/mol. The number of rotatable bonds is 7. The maximum Gasteiger partial charge on any atom is 0.332 e. The first kappa shape index (κ1) is 22.5. The van der Waals surface area contributed by atoms with Gasteiger partial charge in [0, 0.05) is 38.0 Å². The molecule has 35 heavy (non-hydrogen) atoms. The van der Waals surface area contributed by atoms with Gasteiger partial charge in [0.25, 0.3) is 5.56 Å². The van der Waals surface area contributed by atoms with Gasteiger partial charge in [-0.25, -0.2) is 4.79 Å². The molecule has 0 atom stereocenters. The maximum atomic E-state index is 13.5. The van der Waals surface area contributed by atoms with Gasteiger partial charge in [-0.15, -0.1) is 0 Å². The second-order valence-electron chi connectivity index (χ2n) is 8.08. The van der Waals surface area contributed by atoms with Gasteiger partial charge in [-0.2, -0.15) is 4.98 Å². The van der Waals surface area contributed by atoms with Gasteiger partial charge in [-0.05, 0) is 18.6 Å². The molecule has 10 heteroatoms. The van der Waals surface area contributed by atoms with Crippen LogP contribution in [0, 0.1) is 0 Å². The number of imidazole rings is 2. The zero-order valence-corrected chi connectivity index (χ0v) is 19.6. The minimum atomic E-state index is -0.481. The van der Waals surface area contributed by atoms with E-state index >= 15 is 0 Å². The monoisotopic (exact) mass is 475 g/mol. The minimum absolute atomic E-state index is 0.112. The Kier molecular flexibility index (Phi) is 5.65. The van der Waals surface area contributed by atoms with Gasteiger partial charge in [0.2, 0.25) is 5.78 Å². The average molecular weight is 476 g/mol. The van der Waals surface area contributed by atoms with Crippen LogP contribution in [0.3, 0.4) is 0 Å². The lowest BCUT2D eigenvalue weighted by molar-refractivity contribution is 0.277. The van der Waals surface area contributed by atoms with Gasteiger partial charge in [0.05, 0.1) is 25.6 Å². The molecule has 0 bridgehead atoms. The molecule has 0 saturated carbocycles. The van der Waals surface area contributed by atoms with Gasteiger partial charge in [-0.3, -0.25) is 22.9 Å². The quantitative estimate of drug-likeness (QED) is 0.387. The molecule has 0 unspecified atom stereocenters. The first-order valence-corrected chi connectivity index (χ1v) is 11.1. The molecule has 1 N–H and O–H groups in total. The summed E-state index contributed by atoms with van der Waals surface area (Å²) < 4.78 is 17.2. The van der Waals surface area contributed by atoms with Crippen molar-refractivity contribution in [2.45, 2.75) is 13.0 Å². The van der Waals surface area contributed by atoms with Gasteiger partial charge < -0.3 is 14.6 Å². The van der Waals surface area contributed by atoms with E-state index in [4.69, 9.17) is 14.5 Å². The maximum absolute atomic E-state index is 13.5. The molecule has 0 aliphatic rings. The summed E-state index contributed by atoms with van der Waals surface area (Å²) in [4.78, 5) is 31.1. The molecule has 0 saturated heterocycles. The Morgan fingerprint density at radius 2 is 1.80 bits per heavy atom. The van der Waals surface area contributed by atoms with Crippen molar-refractivity contribution in [2.75, 3.05) is 20.8 Å². The number of aromatic nitrogens is 5. The molecule has 180 valence electrons. The van der Waals surface area contributed by atoms with Crippen LogP contribution in [-0.4, -0.2) is 49.0 Å². The third kappa shape index (κ3) is 3.50. The topological polar surface area (TPSA) is 105 Å². The van der Waals surface area contributed by atoms with Crippen LogP contribution in [0.5, 0.6) is 11.5 Å². The summed E-state index contributed by atoms with van der Waals surface area (Å²) >= 11 is 0. The normalized spacial score (nSPS) is 11.4. The Morgan fingerprint density at radius 1 is 1.03 bits per heavy atom. The Morgan fingerprint density at radius 3 is 2.49 bits per heavy atom. The molecular weight excluding hydrogens is 450 g/mol. The van der Waals surface area contributed by atoms with E-state index in [-0.39, 0.29) is 24.3 Å². The molecule has 0 radical (unpaired) electrons. The molecular formula is C25H25N5O5. The van der Waals surface area contributed by atoms with Gasteiger partial charge in [0.1, 0.15) is 11.5 Å². The molecule has 2 aromatic carbocycles. The fourth-order valence-corrected chi connectivity index (χ4v) is 4.34. The van der Waals surface area contributed by atoms with E-state index < -0.39 is 11.2 Å². The van der Waals surface area contributed by atoms with Crippen LogP contribution >= 0.6 is 0 Å². The number of nitrogens with zero attached hydrogens (tertiary/aromatic N) is 5. The third-order valence-electron chi connectivity index (χ3n) is 6.09. The number of benzene rings is 2. The van der Waals surface area contributed by atoms with Crippen LogP contribution in [0.25, 0.3) is 33.9 Å². The van der Waals surface area contributed by atoms with E-state index in [0.29, 0.717) is 29.4 Å². The van der Waals surface area contributed by atoms with Crippen molar-refractivity contribution in [2.24, 2.45) is 7.05 Å². The van der Waals surface area contributed by atoms with Gasteiger partial charge in [0.15, 0.2) is 11.2 Å². The molecule has 0 fully saturated rings. The SMILES string of the molecule is COc1ccc(OC)c(-n2c(-c3ccccc3)cn3c4c(=O)n(CCCO)c(=O)n(C)c4nc23)c1. The highest BCUT2D eigenvalue weighted by molar-refractivity contribution is 5.80. The number of hydrogen-bond acceptors (Lipinski definition) is 6. The standard InChI is InChI=1S/C25H25N5O5/c1-27-22-21(23(32)28(25(27)33)12-7-13-31)29-15-19(16-8-5-4-6-9-16)30(24(29)26-22)18-14-17(34-2)10-11-20(18)35-3/h4-6,8-11,14-15,31H,7,12-13H2,1-3H3. The molecule has 0 aliphatic heterocycles. The Bertz CT molecular complexity index is 1660. The Labute approximate surface area is 199 Å². The van der Waals surface area contributed by atoms with E-state index in [2.05, 4.69) is 0 Å². The van der Waals surface area contributed by atoms with Crippen molar-refractivity contribution in [3.8, 4) is 28.4 Å². The summed E-state index contributed by atoms with van der Waals surface area (Å²) in [6.45, 7) is -0.0131. The molecule has 5 rings (SSSR count). The van der Waals surface area contributed by atoms with Crippen molar-refractivity contribution >= 4 is 16.9 Å². The third-order valence-corrected chi connectivity index (χ3v) is 6.09. The van der Waals surface area contributed by atoms with Crippen LogP contribution in [0.4, 0.5) is 0 Å². The van der Waals surface area contributed by atoms with E-state index in [1.54, 1.807) is 37.8 Å². The fraction of sp³-hybridized carbons (Fsp3) is 0.240. The van der Waals surface area contributed by atoms with Crippen LogP contribution in [0.2, 0.25) is 0 Å². The van der Waals surface area contributed by atoms with Gasteiger partial charge in [-0.1, -0.05) is 30.3 Å². The first-order chi connectivity index (χ1) is 17.0. The van der Waals surface area contributed by atoms with E-state index in [9.17, 15) is 14.7 Å². The summed E-state index contributed by atoms with van der Waals surface area (Å²) in [6, 6.07) is 15.2. The van der Waals surface area contributed by atoms with Crippen LogP contribution < -0.4 is 20.7 Å². The second kappa shape index (κ2) is 8.80. The molecule has 0 aliphatic carbocycles. The second-order valence-corrected chi connectivity index (χ2v) is 8.08. The summed E-state index contributed by atoms with van der Waals surface area (Å²) in [5, 5.41) is 9.24. The molecule has 0 amide bonds. The van der Waals surface area contributed by atoms with Crippen molar-refractivity contribution < 1.29 is 14.6 Å². The number of ether oxygens (including phenoxy) is 2. The summed E-state index contributed by atoms with van der Waals surface area (Å²) in [7, 11) is 4.75. The Balaban J connectivity index is 1.93. The van der Waals surface area contributed by atoms with Crippen LogP contribution in [0.15, 0.2) is 64.3 Å². The molecule has 3 aromatic heterocycles.